The van der Waals surface area contributed by atoms with Gasteiger partial charge in [-0.05, 0) is 48.9 Å². The van der Waals surface area contributed by atoms with Gasteiger partial charge in [0.1, 0.15) is 12.9 Å². The molecule has 0 saturated carbocycles. The quantitative estimate of drug-likeness (QED) is 0.769. The number of nitrogens with one attached hydrogen (secondary N) is 1. The van der Waals surface area contributed by atoms with E-state index in [-0.39, 0.29) is 18.0 Å². The Morgan fingerprint density at radius 2 is 2.15 bits per heavy atom. The minimum atomic E-state index is -0.247. The molecule has 3 aromatic rings. The summed E-state index contributed by atoms with van der Waals surface area (Å²) < 4.78 is 1.33. The zero-order valence-electron chi connectivity index (χ0n) is 14.3. The van der Waals surface area contributed by atoms with Crippen LogP contribution in [0.1, 0.15) is 29.7 Å². The Balaban J connectivity index is 1.54. The van der Waals surface area contributed by atoms with Crippen molar-refractivity contribution < 1.29 is 4.79 Å². The number of amides is 1. The van der Waals surface area contributed by atoms with Gasteiger partial charge in [-0.15, -0.1) is 0 Å². The van der Waals surface area contributed by atoms with Gasteiger partial charge in [0.25, 0.3) is 5.56 Å². The number of aromatic nitrogens is 4. The van der Waals surface area contributed by atoms with Crippen molar-refractivity contribution in [2.45, 2.75) is 38.8 Å². The molecule has 4 rings (SSSR count). The molecule has 7 nitrogen and oxygen atoms in total. The highest BCUT2D eigenvalue weighted by Gasteiger charge is 2.15. The molecule has 132 valence electrons. The Morgan fingerprint density at radius 3 is 3.00 bits per heavy atom. The van der Waals surface area contributed by atoms with Crippen molar-refractivity contribution >= 4 is 16.9 Å². The zero-order valence-corrected chi connectivity index (χ0v) is 14.3. The summed E-state index contributed by atoms with van der Waals surface area (Å²) in [6, 6.07) is 5.59. The van der Waals surface area contributed by atoms with Crippen molar-refractivity contribution in [3.63, 3.8) is 0 Å². The lowest BCUT2D eigenvalue weighted by Gasteiger charge is -2.15. The van der Waals surface area contributed by atoms with Crippen LogP contribution in [0.15, 0.2) is 41.7 Å². The summed E-state index contributed by atoms with van der Waals surface area (Å²) in [5.74, 6) is -0.247. The molecule has 0 unspecified atom stereocenters. The first kappa shape index (κ1) is 16.4. The first-order valence-electron chi connectivity index (χ1n) is 8.74. The Hall–Kier alpha value is -3.09. The summed E-state index contributed by atoms with van der Waals surface area (Å²) in [5.41, 5.74) is 3.31. The van der Waals surface area contributed by atoms with E-state index in [1.54, 1.807) is 12.4 Å². The molecule has 0 spiro atoms. The van der Waals surface area contributed by atoms with Crippen LogP contribution in [0, 0.1) is 0 Å². The van der Waals surface area contributed by atoms with Crippen molar-refractivity contribution in [3.05, 3.63) is 64.1 Å². The highest BCUT2D eigenvalue weighted by molar-refractivity contribution is 5.77. The molecule has 0 bridgehead atoms. The molecule has 0 saturated heterocycles. The van der Waals surface area contributed by atoms with Gasteiger partial charge in [0.2, 0.25) is 5.91 Å². The van der Waals surface area contributed by atoms with E-state index in [9.17, 15) is 9.59 Å². The van der Waals surface area contributed by atoms with E-state index in [0.29, 0.717) is 17.6 Å². The van der Waals surface area contributed by atoms with Crippen molar-refractivity contribution in [1.29, 1.82) is 0 Å². The Labute approximate surface area is 150 Å². The van der Waals surface area contributed by atoms with Crippen LogP contribution in [-0.4, -0.2) is 25.4 Å². The molecule has 1 N–H and O–H groups in total. The number of nitrogens with zero attached hydrogens (tertiary/aromatic N) is 4. The Morgan fingerprint density at radius 1 is 1.27 bits per heavy atom. The summed E-state index contributed by atoms with van der Waals surface area (Å²) in [5, 5.41) is 3.27. The van der Waals surface area contributed by atoms with Gasteiger partial charge in [0, 0.05) is 24.6 Å². The normalized spacial score (nSPS) is 13.4. The molecule has 1 amide bonds. The Bertz CT molecular complexity index is 1010. The topological polar surface area (TPSA) is 89.8 Å². The molecule has 0 aromatic carbocycles. The second-order valence-electron chi connectivity index (χ2n) is 6.49. The van der Waals surface area contributed by atoms with Gasteiger partial charge in [-0.25, -0.2) is 9.97 Å². The van der Waals surface area contributed by atoms with Crippen LogP contribution in [0.2, 0.25) is 0 Å². The minimum Gasteiger partial charge on any atom is -0.350 e. The summed E-state index contributed by atoms with van der Waals surface area (Å²) in [7, 11) is 0. The monoisotopic (exact) mass is 349 g/mol. The van der Waals surface area contributed by atoms with Crippen molar-refractivity contribution in [2.75, 3.05) is 0 Å². The van der Waals surface area contributed by atoms with E-state index in [1.165, 1.54) is 10.9 Å². The van der Waals surface area contributed by atoms with Gasteiger partial charge >= 0.3 is 0 Å². The standard InChI is InChI=1S/C19H19N5O2/c25-17(21-10-13-4-3-7-20-9-13)11-24-12-22-18-15(19(24)26)8-14-5-1-2-6-16(14)23-18/h3-4,7-9,12H,1-2,5-6,10-11H2,(H,21,25). The second-order valence-corrected chi connectivity index (χ2v) is 6.49. The number of carbonyl (C=O) groups excluding carboxylic acids is 1. The maximum Gasteiger partial charge on any atom is 0.263 e. The minimum absolute atomic E-state index is 0.0703. The van der Waals surface area contributed by atoms with Gasteiger partial charge in [-0.2, -0.15) is 0 Å². The largest absolute Gasteiger partial charge is 0.350 e. The van der Waals surface area contributed by atoms with Crippen molar-refractivity contribution in [3.8, 4) is 0 Å². The molecule has 3 heterocycles. The van der Waals surface area contributed by atoms with Crippen LogP contribution >= 0.6 is 0 Å². The van der Waals surface area contributed by atoms with E-state index in [2.05, 4.69) is 20.3 Å². The average Bonchev–Trinajstić information content (AvgIpc) is 2.68. The third-order valence-corrected chi connectivity index (χ3v) is 4.62. The lowest BCUT2D eigenvalue weighted by Crippen LogP contribution is -2.32. The molecule has 1 aliphatic carbocycles. The number of hydrogen-bond acceptors (Lipinski definition) is 5. The third kappa shape index (κ3) is 3.33. The highest BCUT2D eigenvalue weighted by Crippen LogP contribution is 2.21. The molecule has 3 aromatic heterocycles. The first-order chi connectivity index (χ1) is 12.7. The fourth-order valence-electron chi connectivity index (χ4n) is 3.24. The van der Waals surface area contributed by atoms with Crippen LogP contribution in [0.5, 0.6) is 0 Å². The molecule has 0 fully saturated rings. The van der Waals surface area contributed by atoms with E-state index in [4.69, 9.17) is 0 Å². The predicted molar refractivity (Wildman–Crippen MR) is 96.5 cm³/mol. The van der Waals surface area contributed by atoms with Crippen molar-refractivity contribution in [2.24, 2.45) is 0 Å². The average molecular weight is 349 g/mol. The summed E-state index contributed by atoms with van der Waals surface area (Å²) in [6.07, 6.45) is 8.89. The van der Waals surface area contributed by atoms with E-state index >= 15 is 0 Å². The zero-order chi connectivity index (χ0) is 17.9. The predicted octanol–water partition coefficient (Wildman–Crippen LogP) is 1.38. The molecule has 7 heteroatoms. The third-order valence-electron chi connectivity index (χ3n) is 4.62. The number of hydrogen-bond donors (Lipinski definition) is 1. The second kappa shape index (κ2) is 7.03. The van der Waals surface area contributed by atoms with Gasteiger partial charge in [-0.3, -0.25) is 19.1 Å². The van der Waals surface area contributed by atoms with E-state index < -0.39 is 0 Å². The van der Waals surface area contributed by atoms with E-state index in [1.807, 2.05) is 18.2 Å². The smallest absolute Gasteiger partial charge is 0.263 e. The fraction of sp³-hybridized carbons (Fsp3) is 0.316. The summed E-state index contributed by atoms with van der Waals surface area (Å²) in [6.45, 7) is 0.302. The van der Waals surface area contributed by atoms with Gasteiger partial charge < -0.3 is 5.32 Å². The maximum atomic E-state index is 12.7. The van der Waals surface area contributed by atoms with Crippen LogP contribution in [0.25, 0.3) is 11.0 Å². The number of fused-ring (bicyclic) bond motifs is 2. The maximum absolute atomic E-state index is 12.7. The van der Waals surface area contributed by atoms with Crippen molar-refractivity contribution in [1.82, 2.24) is 24.8 Å². The summed E-state index contributed by atoms with van der Waals surface area (Å²) >= 11 is 0. The lowest BCUT2D eigenvalue weighted by molar-refractivity contribution is -0.121. The molecular weight excluding hydrogens is 330 g/mol. The molecule has 0 radical (unpaired) electrons. The molecule has 1 aliphatic rings. The van der Waals surface area contributed by atoms with Crippen LogP contribution < -0.4 is 10.9 Å². The fourth-order valence-corrected chi connectivity index (χ4v) is 3.24. The molecule has 0 atom stereocenters. The highest BCUT2D eigenvalue weighted by atomic mass is 16.2. The molecule has 0 aliphatic heterocycles. The number of carbonyl (C=O) groups is 1. The summed E-state index contributed by atoms with van der Waals surface area (Å²) in [4.78, 5) is 37.7. The van der Waals surface area contributed by atoms with E-state index in [0.717, 1.165) is 42.5 Å². The lowest BCUT2D eigenvalue weighted by atomic mass is 9.95. The van der Waals surface area contributed by atoms with Crippen LogP contribution in [-0.2, 0) is 30.7 Å². The number of aryl methyl sites for hydroxylation is 2. The Kier molecular flexibility index (Phi) is 4.43. The SMILES string of the molecule is O=C(Cn1cnc2nc3c(cc2c1=O)CCCC3)NCc1cccnc1. The molecular formula is C19H19N5O2. The first-order valence-corrected chi connectivity index (χ1v) is 8.74. The van der Waals surface area contributed by atoms with Gasteiger partial charge in [0.15, 0.2) is 5.65 Å². The van der Waals surface area contributed by atoms with Crippen LogP contribution in [0.3, 0.4) is 0 Å². The number of rotatable bonds is 4. The van der Waals surface area contributed by atoms with Crippen LogP contribution in [0.4, 0.5) is 0 Å². The van der Waals surface area contributed by atoms with Gasteiger partial charge in [-0.1, -0.05) is 6.07 Å². The number of pyridine rings is 2. The van der Waals surface area contributed by atoms with Gasteiger partial charge in [0.05, 0.1) is 5.39 Å². The molecule has 26 heavy (non-hydrogen) atoms.